The van der Waals surface area contributed by atoms with Crippen molar-refractivity contribution in [2.75, 3.05) is 5.73 Å². The van der Waals surface area contributed by atoms with Crippen LogP contribution in [-0.4, -0.2) is 13.5 Å². The van der Waals surface area contributed by atoms with Gasteiger partial charge in [0.25, 0.3) is 0 Å². The molecule has 0 aliphatic carbocycles. The van der Waals surface area contributed by atoms with Crippen molar-refractivity contribution < 1.29 is 13.5 Å². The molecular formula is C13H13NO3S. The van der Waals surface area contributed by atoms with Crippen molar-refractivity contribution in [1.82, 2.24) is 0 Å². The van der Waals surface area contributed by atoms with E-state index in [1.165, 1.54) is 24.3 Å². The monoisotopic (exact) mass is 263 g/mol. The Balaban J connectivity index is 2.33. The first-order valence-corrected chi connectivity index (χ1v) is 6.99. The second-order valence-corrected chi connectivity index (χ2v) is 5.99. The lowest BCUT2D eigenvalue weighted by Crippen LogP contribution is -2.05. The molecule has 0 atom stereocenters. The second kappa shape index (κ2) is 4.70. The summed E-state index contributed by atoms with van der Waals surface area (Å²) in [5.41, 5.74) is 6.52. The molecule has 0 bridgehead atoms. The minimum atomic E-state index is -3.44. The number of sulfone groups is 1. The molecule has 0 aliphatic rings. The van der Waals surface area contributed by atoms with Crippen LogP contribution in [0.3, 0.4) is 0 Å². The van der Waals surface area contributed by atoms with Gasteiger partial charge in [0.2, 0.25) is 0 Å². The van der Waals surface area contributed by atoms with Crippen LogP contribution >= 0.6 is 0 Å². The molecule has 0 saturated heterocycles. The minimum absolute atomic E-state index is 0.0512. The zero-order valence-electron chi connectivity index (χ0n) is 9.58. The summed E-state index contributed by atoms with van der Waals surface area (Å²) in [5, 5.41) is 9.31. The summed E-state index contributed by atoms with van der Waals surface area (Å²) in [6.07, 6.45) is 0. The van der Waals surface area contributed by atoms with Crippen LogP contribution in [0.25, 0.3) is 0 Å². The highest BCUT2D eigenvalue weighted by Crippen LogP contribution is 2.20. The molecule has 0 fully saturated rings. The third kappa shape index (κ3) is 2.81. The van der Waals surface area contributed by atoms with Crippen LogP contribution in [0.5, 0.6) is 5.75 Å². The summed E-state index contributed by atoms with van der Waals surface area (Å²) in [6, 6.07) is 12.4. The van der Waals surface area contributed by atoms with E-state index in [0.29, 0.717) is 11.3 Å². The number of nitrogen functional groups attached to an aromatic ring is 1. The highest BCUT2D eigenvalue weighted by molar-refractivity contribution is 7.90. The van der Waals surface area contributed by atoms with Gasteiger partial charge in [-0.25, -0.2) is 8.42 Å². The Morgan fingerprint density at radius 1 is 1.06 bits per heavy atom. The number of anilines is 1. The first kappa shape index (κ1) is 12.4. The number of hydrogen-bond donors (Lipinski definition) is 2. The van der Waals surface area contributed by atoms with Crippen LogP contribution in [0, 0.1) is 0 Å². The van der Waals surface area contributed by atoms with Crippen molar-refractivity contribution >= 4 is 15.5 Å². The smallest absolute Gasteiger partial charge is 0.182 e. The molecule has 0 unspecified atom stereocenters. The van der Waals surface area contributed by atoms with E-state index in [1.54, 1.807) is 24.3 Å². The van der Waals surface area contributed by atoms with Crippen LogP contribution in [0.1, 0.15) is 5.56 Å². The highest BCUT2D eigenvalue weighted by Gasteiger charge is 2.15. The molecule has 2 aromatic carbocycles. The molecule has 0 aliphatic heterocycles. The van der Waals surface area contributed by atoms with Crippen LogP contribution in [0.2, 0.25) is 0 Å². The summed E-state index contributed by atoms with van der Waals surface area (Å²) in [4.78, 5) is 0.186. The highest BCUT2D eigenvalue weighted by atomic mass is 32.2. The lowest BCUT2D eigenvalue weighted by Gasteiger charge is -2.05. The summed E-state index contributed by atoms with van der Waals surface area (Å²) < 4.78 is 24.3. The van der Waals surface area contributed by atoms with Gasteiger partial charge in [0, 0.05) is 5.69 Å². The van der Waals surface area contributed by atoms with Gasteiger partial charge in [-0.05, 0) is 35.9 Å². The average molecular weight is 263 g/mol. The zero-order valence-corrected chi connectivity index (χ0v) is 10.4. The van der Waals surface area contributed by atoms with Crippen LogP contribution in [0.15, 0.2) is 53.4 Å². The summed E-state index contributed by atoms with van der Waals surface area (Å²) in [6.45, 7) is 0. The number of phenols is 1. The maximum absolute atomic E-state index is 12.1. The molecule has 0 radical (unpaired) electrons. The molecule has 0 heterocycles. The van der Waals surface area contributed by atoms with E-state index >= 15 is 0 Å². The van der Waals surface area contributed by atoms with E-state index in [9.17, 15) is 13.5 Å². The van der Waals surface area contributed by atoms with Gasteiger partial charge in [0.15, 0.2) is 9.84 Å². The summed E-state index contributed by atoms with van der Waals surface area (Å²) in [5.74, 6) is -0.111. The van der Waals surface area contributed by atoms with E-state index < -0.39 is 9.84 Å². The summed E-state index contributed by atoms with van der Waals surface area (Å²) in [7, 11) is -3.44. The molecule has 0 spiro atoms. The van der Waals surface area contributed by atoms with Gasteiger partial charge < -0.3 is 10.8 Å². The van der Waals surface area contributed by atoms with E-state index in [2.05, 4.69) is 0 Å². The molecule has 2 aromatic rings. The molecule has 2 rings (SSSR count). The molecule has 0 saturated carbocycles. The molecule has 94 valence electrons. The second-order valence-electron chi connectivity index (χ2n) is 4.00. The third-order valence-corrected chi connectivity index (χ3v) is 4.17. The first-order chi connectivity index (χ1) is 8.47. The molecule has 5 heteroatoms. The Kier molecular flexibility index (Phi) is 3.25. The number of rotatable bonds is 3. The van der Waals surface area contributed by atoms with Gasteiger partial charge in [-0.3, -0.25) is 0 Å². The van der Waals surface area contributed by atoms with Crippen molar-refractivity contribution in [2.24, 2.45) is 0 Å². The topological polar surface area (TPSA) is 80.4 Å². The predicted molar refractivity (Wildman–Crippen MR) is 69.9 cm³/mol. The van der Waals surface area contributed by atoms with Gasteiger partial charge in [-0.2, -0.15) is 0 Å². The SMILES string of the molecule is Nc1cccc(S(=O)(=O)Cc2cccc(O)c2)c1. The van der Waals surface area contributed by atoms with Crippen molar-refractivity contribution in [3.63, 3.8) is 0 Å². The number of aromatic hydroxyl groups is 1. The standard InChI is InChI=1S/C13H13NO3S/c14-11-4-2-6-13(8-11)18(16,17)9-10-3-1-5-12(15)7-10/h1-8,15H,9,14H2. The quantitative estimate of drug-likeness (QED) is 0.829. The Morgan fingerprint density at radius 2 is 1.78 bits per heavy atom. The Hall–Kier alpha value is -2.01. The van der Waals surface area contributed by atoms with Crippen molar-refractivity contribution in [1.29, 1.82) is 0 Å². The third-order valence-electron chi connectivity index (χ3n) is 2.48. The predicted octanol–water partition coefficient (Wildman–Crippen LogP) is 1.95. The average Bonchev–Trinajstić information content (AvgIpc) is 2.28. The lowest BCUT2D eigenvalue weighted by molar-refractivity contribution is 0.475. The van der Waals surface area contributed by atoms with E-state index in [1.807, 2.05) is 0 Å². The normalized spacial score (nSPS) is 11.3. The van der Waals surface area contributed by atoms with Crippen molar-refractivity contribution in [3.05, 3.63) is 54.1 Å². The Bertz CT molecular complexity index is 665. The number of phenolic OH excluding ortho intramolecular Hbond substituents is 1. The molecule has 18 heavy (non-hydrogen) atoms. The molecular weight excluding hydrogens is 250 g/mol. The van der Waals surface area contributed by atoms with Gasteiger partial charge in [0.1, 0.15) is 5.75 Å². The van der Waals surface area contributed by atoms with Gasteiger partial charge >= 0.3 is 0 Å². The minimum Gasteiger partial charge on any atom is -0.508 e. The lowest BCUT2D eigenvalue weighted by atomic mass is 10.2. The van der Waals surface area contributed by atoms with Crippen molar-refractivity contribution in [3.8, 4) is 5.75 Å². The fourth-order valence-corrected chi connectivity index (χ4v) is 3.04. The molecule has 4 nitrogen and oxygen atoms in total. The molecule has 0 amide bonds. The van der Waals surface area contributed by atoms with E-state index in [4.69, 9.17) is 5.73 Å². The summed E-state index contributed by atoms with van der Waals surface area (Å²) >= 11 is 0. The number of benzene rings is 2. The van der Waals surface area contributed by atoms with Gasteiger partial charge in [0.05, 0.1) is 10.6 Å². The van der Waals surface area contributed by atoms with Crippen LogP contribution < -0.4 is 5.73 Å². The molecule has 3 N–H and O–H groups in total. The van der Waals surface area contributed by atoms with E-state index in [0.717, 1.165) is 0 Å². The zero-order chi connectivity index (χ0) is 13.2. The van der Waals surface area contributed by atoms with Gasteiger partial charge in [-0.15, -0.1) is 0 Å². The van der Waals surface area contributed by atoms with E-state index in [-0.39, 0.29) is 16.4 Å². The van der Waals surface area contributed by atoms with Crippen LogP contribution in [-0.2, 0) is 15.6 Å². The van der Waals surface area contributed by atoms with Crippen LogP contribution in [0.4, 0.5) is 5.69 Å². The number of hydrogen-bond acceptors (Lipinski definition) is 4. The molecule has 0 aromatic heterocycles. The fraction of sp³-hybridized carbons (Fsp3) is 0.0769. The van der Waals surface area contributed by atoms with Gasteiger partial charge in [-0.1, -0.05) is 18.2 Å². The number of nitrogens with two attached hydrogens (primary N) is 1. The Morgan fingerprint density at radius 3 is 2.44 bits per heavy atom. The largest absolute Gasteiger partial charge is 0.508 e. The first-order valence-electron chi connectivity index (χ1n) is 5.33. The Labute approximate surface area is 106 Å². The van der Waals surface area contributed by atoms with Crippen molar-refractivity contribution in [2.45, 2.75) is 10.6 Å². The maximum Gasteiger partial charge on any atom is 0.182 e. The fourth-order valence-electron chi connectivity index (χ4n) is 1.66. The maximum atomic E-state index is 12.1.